The molecule has 18 heavy (non-hydrogen) atoms. The van der Waals surface area contributed by atoms with Crippen molar-refractivity contribution in [2.45, 2.75) is 6.04 Å². The molecule has 0 radical (unpaired) electrons. The minimum atomic E-state index is -0.157. The van der Waals surface area contributed by atoms with Crippen LogP contribution in [-0.2, 0) is 4.74 Å². The molecule has 1 atom stereocenters. The molecule has 0 aliphatic rings. The summed E-state index contributed by atoms with van der Waals surface area (Å²) < 4.78 is 4.87. The number of urea groups is 1. The number of likely N-dealkylation sites (N-methyl/N-ethyl adjacent to an activating group) is 1. The summed E-state index contributed by atoms with van der Waals surface area (Å²) in [4.78, 5) is 14.9. The normalized spacial score (nSPS) is 12.4. The van der Waals surface area contributed by atoms with Crippen molar-refractivity contribution in [3.63, 3.8) is 0 Å². The average Bonchev–Trinajstić information content (AvgIpc) is 2.83. The van der Waals surface area contributed by atoms with E-state index in [1.807, 2.05) is 25.5 Å². The van der Waals surface area contributed by atoms with Gasteiger partial charge in [0.05, 0.1) is 12.6 Å². The van der Waals surface area contributed by atoms with Crippen LogP contribution in [0, 0.1) is 0 Å². The molecule has 102 valence electrons. The number of methoxy groups -OCH3 is 1. The summed E-state index contributed by atoms with van der Waals surface area (Å²) in [7, 11) is 5.63. The van der Waals surface area contributed by atoms with E-state index in [-0.39, 0.29) is 12.1 Å². The van der Waals surface area contributed by atoms with Gasteiger partial charge in [-0.15, -0.1) is 11.3 Å². The van der Waals surface area contributed by atoms with Crippen molar-refractivity contribution >= 4 is 17.4 Å². The first-order valence-corrected chi connectivity index (χ1v) is 6.73. The van der Waals surface area contributed by atoms with Crippen LogP contribution in [0.25, 0.3) is 0 Å². The van der Waals surface area contributed by atoms with Gasteiger partial charge in [-0.25, -0.2) is 4.79 Å². The van der Waals surface area contributed by atoms with Gasteiger partial charge in [-0.3, -0.25) is 0 Å². The number of nitrogens with zero attached hydrogens (tertiary/aromatic N) is 1. The van der Waals surface area contributed by atoms with Gasteiger partial charge < -0.3 is 20.3 Å². The van der Waals surface area contributed by atoms with E-state index in [2.05, 4.69) is 21.6 Å². The van der Waals surface area contributed by atoms with E-state index >= 15 is 0 Å². The molecule has 0 bridgehead atoms. The lowest BCUT2D eigenvalue weighted by Crippen LogP contribution is -2.41. The second kappa shape index (κ2) is 8.07. The predicted molar refractivity (Wildman–Crippen MR) is 74.0 cm³/mol. The molecule has 0 saturated carbocycles. The molecule has 1 aromatic rings. The maximum Gasteiger partial charge on any atom is 0.314 e. The Morgan fingerprint density at radius 3 is 2.83 bits per heavy atom. The third kappa shape index (κ3) is 5.03. The van der Waals surface area contributed by atoms with Crippen molar-refractivity contribution in [3.05, 3.63) is 22.4 Å². The molecule has 0 aromatic carbocycles. The lowest BCUT2D eigenvalue weighted by molar-refractivity contribution is 0.195. The number of amides is 2. The van der Waals surface area contributed by atoms with Crippen molar-refractivity contribution in [1.29, 1.82) is 0 Å². The summed E-state index contributed by atoms with van der Waals surface area (Å²) in [6.45, 7) is 1.63. The molecule has 0 fully saturated rings. The molecule has 0 aliphatic heterocycles. The molecule has 1 aromatic heterocycles. The standard InChI is InChI=1S/C12H21N3O2S/c1-15(2)10(11-5-4-8-18-11)9-14-12(16)13-6-7-17-3/h4-5,8,10H,6-7,9H2,1-3H3,(H2,13,14,16). The molecular formula is C12H21N3O2S. The Balaban J connectivity index is 2.37. The van der Waals surface area contributed by atoms with Gasteiger partial charge in [0.25, 0.3) is 0 Å². The molecule has 1 unspecified atom stereocenters. The first kappa shape index (κ1) is 14.9. The van der Waals surface area contributed by atoms with Gasteiger partial charge in [0, 0.05) is 25.1 Å². The fourth-order valence-corrected chi connectivity index (χ4v) is 2.46. The SMILES string of the molecule is COCCNC(=O)NCC(c1cccs1)N(C)C. The number of hydrogen-bond acceptors (Lipinski definition) is 4. The van der Waals surface area contributed by atoms with Crippen molar-refractivity contribution in [2.24, 2.45) is 0 Å². The summed E-state index contributed by atoms with van der Waals surface area (Å²) in [6, 6.07) is 4.16. The maximum atomic E-state index is 11.5. The highest BCUT2D eigenvalue weighted by Crippen LogP contribution is 2.22. The Morgan fingerprint density at radius 1 is 1.50 bits per heavy atom. The highest BCUT2D eigenvalue weighted by atomic mass is 32.1. The van der Waals surface area contributed by atoms with E-state index in [0.29, 0.717) is 19.7 Å². The van der Waals surface area contributed by atoms with E-state index < -0.39 is 0 Å². The van der Waals surface area contributed by atoms with Gasteiger partial charge in [-0.2, -0.15) is 0 Å². The maximum absolute atomic E-state index is 11.5. The monoisotopic (exact) mass is 271 g/mol. The first-order valence-electron chi connectivity index (χ1n) is 5.85. The number of nitrogens with one attached hydrogen (secondary N) is 2. The quantitative estimate of drug-likeness (QED) is 0.735. The summed E-state index contributed by atoms with van der Waals surface area (Å²) in [6.07, 6.45) is 0. The number of hydrogen-bond donors (Lipinski definition) is 2. The minimum absolute atomic E-state index is 0.157. The van der Waals surface area contributed by atoms with Crippen LogP contribution >= 0.6 is 11.3 Å². The Hall–Kier alpha value is -1.11. The topological polar surface area (TPSA) is 53.6 Å². The van der Waals surface area contributed by atoms with Crippen LogP contribution in [-0.4, -0.2) is 51.8 Å². The van der Waals surface area contributed by atoms with Crippen LogP contribution in [0.15, 0.2) is 17.5 Å². The summed E-state index contributed by atoms with van der Waals surface area (Å²) in [5.41, 5.74) is 0. The Labute approximate surface area is 112 Å². The molecule has 2 amide bonds. The van der Waals surface area contributed by atoms with E-state index in [1.54, 1.807) is 18.4 Å². The van der Waals surface area contributed by atoms with Crippen LogP contribution in [0.1, 0.15) is 10.9 Å². The zero-order valence-electron chi connectivity index (χ0n) is 11.1. The molecule has 0 saturated heterocycles. The van der Waals surface area contributed by atoms with Crippen LogP contribution < -0.4 is 10.6 Å². The minimum Gasteiger partial charge on any atom is -0.383 e. The van der Waals surface area contributed by atoms with Gasteiger partial charge in [0.1, 0.15) is 0 Å². The molecule has 0 spiro atoms. The average molecular weight is 271 g/mol. The number of rotatable bonds is 7. The van der Waals surface area contributed by atoms with Crippen LogP contribution in [0.3, 0.4) is 0 Å². The molecule has 0 aliphatic carbocycles. The second-order valence-electron chi connectivity index (χ2n) is 4.12. The lowest BCUT2D eigenvalue weighted by Gasteiger charge is -2.23. The predicted octanol–water partition coefficient (Wildman–Crippen LogP) is 1.30. The van der Waals surface area contributed by atoms with Gasteiger partial charge in [-0.1, -0.05) is 6.07 Å². The first-order chi connectivity index (χ1) is 8.65. The number of thiophene rings is 1. The molecule has 1 heterocycles. The van der Waals surface area contributed by atoms with Gasteiger partial charge in [0.2, 0.25) is 0 Å². The summed E-state index contributed by atoms with van der Waals surface area (Å²) in [5.74, 6) is 0. The van der Waals surface area contributed by atoms with E-state index in [9.17, 15) is 4.79 Å². The molecular weight excluding hydrogens is 250 g/mol. The van der Waals surface area contributed by atoms with Gasteiger partial charge >= 0.3 is 6.03 Å². The third-order valence-electron chi connectivity index (χ3n) is 2.54. The van der Waals surface area contributed by atoms with Crippen LogP contribution in [0.4, 0.5) is 4.79 Å². The third-order valence-corrected chi connectivity index (χ3v) is 3.52. The zero-order valence-corrected chi connectivity index (χ0v) is 11.9. The largest absolute Gasteiger partial charge is 0.383 e. The van der Waals surface area contributed by atoms with Crippen molar-refractivity contribution in [1.82, 2.24) is 15.5 Å². The lowest BCUT2D eigenvalue weighted by atomic mass is 10.2. The Bertz CT molecular complexity index is 341. The summed E-state index contributed by atoms with van der Waals surface area (Å²) in [5, 5.41) is 7.65. The Kier molecular flexibility index (Phi) is 6.70. The van der Waals surface area contributed by atoms with Crippen LogP contribution in [0.5, 0.6) is 0 Å². The number of carbonyl (C=O) groups excluding carboxylic acids is 1. The van der Waals surface area contributed by atoms with E-state index in [0.717, 1.165) is 0 Å². The molecule has 6 heteroatoms. The van der Waals surface area contributed by atoms with Crippen molar-refractivity contribution in [3.8, 4) is 0 Å². The molecule has 2 N–H and O–H groups in total. The highest BCUT2D eigenvalue weighted by molar-refractivity contribution is 7.10. The highest BCUT2D eigenvalue weighted by Gasteiger charge is 2.15. The fourth-order valence-electron chi connectivity index (χ4n) is 1.54. The van der Waals surface area contributed by atoms with Crippen molar-refractivity contribution < 1.29 is 9.53 Å². The van der Waals surface area contributed by atoms with E-state index in [4.69, 9.17) is 4.74 Å². The molecule has 1 rings (SSSR count). The number of carbonyl (C=O) groups is 1. The zero-order chi connectivity index (χ0) is 13.4. The van der Waals surface area contributed by atoms with Crippen LogP contribution in [0.2, 0.25) is 0 Å². The number of ether oxygens (including phenoxy) is 1. The summed E-state index contributed by atoms with van der Waals surface area (Å²) >= 11 is 1.70. The smallest absolute Gasteiger partial charge is 0.314 e. The Morgan fingerprint density at radius 2 is 2.28 bits per heavy atom. The van der Waals surface area contributed by atoms with Crippen molar-refractivity contribution in [2.75, 3.05) is 40.9 Å². The fraction of sp³-hybridized carbons (Fsp3) is 0.583. The van der Waals surface area contributed by atoms with Gasteiger partial charge in [-0.05, 0) is 25.5 Å². The molecule has 5 nitrogen and oxygen atoms in total. The van der Waals surface area contributed by atoms with E-state index in [1.165, 1.54) is 4.88 Å². The second-order valence-corrected chi connectivity index (χ2v) is 5.10. The van der Waals surface area contributed by atoms with Gasteiger partial charge in [0.15, 0.2) is 0 Å².